The molecule has 0 atom stereocenters. The molecular formula is C17H19NO3S. The van der Waals surface area contributed by atoms with E-state index in [1.807, 2.05) is 30.0 Å². The molecule has 2 aromatic carbocycles. The highest BCUT2D eigenvalue weighted by Crippen LogP contribution is 2.42. The second kappa shape index (κ2) is 6.40. The zero-order valence-electron chi connectivity index (χ0n) is 13.0. The summed E-state index contributed by atoms with van der Waals surface area (Å²) in [5, 5.41) is 0. The molecule has 0 saturated heterocycles. The normalized spacial score (nSPS) is 13.5. The van der Waals surface area contributed by atoms with E-state index in [1.54, 1.807) is 21.3 Å². The van der Waals surface area contributed by atoms with Crippen LogP contribution in [0.3, 0.4) is 0 Å². The second-order valence-electron chi connectivity index (χ2n) is 4.95. The van der Waals surface area contributed by atoms with Gasteiger partial charge in [0.15, 0.2) is 11.5 Å². The number of hydrogen-bond donors (Lipinski definition) is 0. The van der Waals surface area contributed by atoms with Crippen molar-refractivity contribution in [3.05, 3.63) is 42.0 Å². The number of anilines is 1. The first-order chi connectivity index (χ1) is 10.8. The Morgan fingerprint density at radius 2 is 1.68 bits per heavy atom. The van der Waals surface area contributed by atoms with E-state index in [0.717, 1.165) is 29.7 Å². The third-order valence-electron chi connectivity index (χ3n) is 3.77. The molecule has 4 nitrogen and oxygen atoms in total. The Morgan fingerprint density at radius 3 is 2.32 bits per heavy atom. The highest BCUT2D eigenvalue weighted by atomic mass is 32.2. The molecule has 0 aliphatic carbocycles. The SMILES string of the molecule is COc1ccc(N2CSc3ccc(OC)c(OC)c3C2)cc1. The van der Waals surface area contributed by atoms with E-state index in [9.17, 15) is 0 Å². The predicted octanol–water partition coefficient (Wildman–Crippen LogP) is 3.78. The van der Waals surface area contributed by atoms with Crippen molar-refractivity contribution in [2.45, 2.75) is 11.4 Å². The first kappa shape index (κ1) is 14.9. The van der Waals surface area contributed by atoms with Gasteiger partial charge in [0.25, 0.3) is 0 Å². The van der Waals surface area contributed by atoms with Gasteiger partial charge in [-0.15, -0.1) is 11.8 Å². The number of benzene rings is 2. The van der Waals surface area contributed by atoms with E-state index in [0.29, 0.717) is 0 Å². The van der Waals surface area contributed by atoms with Crippen LogP contribution in [0, 0.1) is 0 Å². The summed E-state index contributed by atoms with van der Waals surface area (Å²) in [6.07, 6.45) is 0. The van der Waals surface area contributed by atoms with Crippen LogP contribution in [0.1, 0.15) is 5.56 Å². The van der Waals surface area contributed by atoms with Crippen molar-refractivity contribution < 1.29 is 14.2 Å². The van der Waals surface area contributed by atoms with Crippen molar-refractivity contribution in [3.63, 3.8) is 0 Å². The van der Waals surface area contributed by atoms with Gasteiger partial charge in [-0.05, 0) is 36.4 Å². The molecular weight excluding hydrogens is 298 g/mol. The Balaban J connectivity index is 1.91. The van der Waals surface area contributed by atoms with Crippen LogP contribution < -0.4 is 19.1 Å². The summed E-state index contributed by atoms with van der Waals surface area (Å²) >= 11 is 1.81. The van der Waals surface area contributed by atoms with Crippen LogP contribution in [-0.4, -0.2) is 27.2 Å². The van der Waals surface area contributed by atoms with Gasteiger partial charge in [0.1, 0.15) is 5.75 Å². The van der Waals surface area contributed by atoms with Gasteiger partial charge in [0.05, 0.1) is 27.2 Å². The highest BCUT2D eigenvalue weighted by molar-refractivity contribution is 7.99. The van der Waals surface area contributed by atoms with Crippen LogP contribution in [0.4, 0.5) is 5.69 Å². The maximum atomic E-state index is 5.57. The van der Waals surface area contributed by atoms with Crippen LogP contribution in [-0.2, 0) is 6.54 Å². The van der Waals surface area contributed by atoms with Crippen LogP contribution in [0.25, 0.3) is 0 Å². The molecule has 0 N–H and O–H groups in total. The molecule has 0 radical (unpaired) electrons. The zero-order chi connectivity index (χ0) is 15.5. The standard InChI is InChI=1S/C17H19NO3S/c1-19-13-6-4-12(5-7-13)18-10-14-16(22-11-18)9-8-15(20-2)17(14)21-3/h4-9H,10-11H2,1-3H3. The lowest BCUT2D eigenvalue weighted by Crippen LogP contribution is -2.26. The summed E-state index contributed by atoms with van der Waals surface area (Å²) in [7, 11) is 5.04. The lowest BCUT2D eigenvalue weighted by atomic mass is 10.1. The number of rotatable bonds is 4. The highest BCUT2D eigenvalue weighted by Gasteiger charge is 2.23. The number of nitrogens with zero attached hydrogens (tertiary/aromatic N) is 1. The third-order valence-corrected chi connectivity index (χ3v) is 4.90. The minimum Gasteiger partial charge on any atom is -0.497 e. The molecule has 0 spiro atoms. The fourth-order valence-corrected chi connectivity index (χ4v) is 3.63. The van der Waals surface area contributed by atoms with Crippen LogP contribution in [0.15, 0.2) is 41.3 Å². The molecule has 22 heavy (non-hydrogen) atoms. The van der Waals surface area contributed by atoms with Crippen molar-refractivity contribution in [1.29, 1.82) is 0 Å². The largest absolute Gasteiger partial charge is 0.497 e. The molecule has 116 valence electrons. The molecule has 1 aliphatic rings. The second-order valence-corrected chi connectivity index (χ2v) is 5.93. The van der Waals surface area contributed by atoms with Crippen LogP contribution in [0.2, 0.25) is 0 Å². The summed E-state index contributed by atoms with van der Waals surface area (Å²) in [5.41, 5.74) is 2.35. The summed E-state index contributed by atoms with van der Waals surface area (Å²) in [5.74, 6) is 3.38. The Hall–Kier alpha value is -2.01. The minimum atomic E-state index is 0.776. The van der Waals surface area contributed by atoms with E-state index < -0.39 is 0 Å². The van der Waals surface area contributed by atoms with Crippen LogP contribution >= 0.6 is 11.8 Å². The lowest BCUT2D eigenvalue weighted by molar-refractivity contribution is 0.350. The average molecular weight is 317 g/mol. The molecule has 1 heterocycles. The van der Waals surface area contributed by atoms with Crippen molar-refractivity contribution >= 4 is 17.4 Å². The topological polar surface area (TPSA) is 30.9 Å². The molecule has 5 heteroatoms. The number of thioether (sulfide) groups is 1. The number of ether oxygens (including phenoxy) is 3. The Bertz CT molecular complexity index is 658. The van der Waals surface area contributed by atoms with E-state index in [1.165, 1.54) is 16.1 Å². The fraction of sp³-hybridized carbons (Fsp3) is 0.294. The van der Waals surface area contributed by atoms with E-state index in [-0.39, 0.29) is 0 Å². The summed E-state index contributed by atoms with van der Waals surface area (Å²) < 4.78 is 16.2. The van der Waals surface area contributed by atoms with Crippen molar-refractivity contribution in [3.8, 4) is 17.2 Å². The number of methoxy groups -OCH3 is 3. The lowest BCUT2D eigenvalue weighted by Gasteiger charge is -2.31. The molecule has 3 rings (SSSR count). The maximum absolute atomic E-state index is 5.57. The van der Waals surface area contributed by atoms with Gasteiger partial charge >= 0.3 is 0 Å². The van der Waals surface area contributed by atoms with Crippen LogP contribution in [0.5, 0.6) is 17.2 Å². The van der Waals surface area contributed by atoms with Gasteiger partial charge in [-0.25, -0.2) is 0 Å². The smallest absolute Gasteiger partial charge is 0.166 e. The van der Waals surface area contributed by atoms with E-state index >= 15 is 0 Å². The molecule has 0 fully saturated rings. The van der Waals surface area contributed by atoms with Gasteiger partial charge in [-0.1, -0.05) is 0 Å². The minimum absolute atomic E-state index is 0.776. The van der Waals surface area contributed by atoms with Gasteiger partial charge in [-0.2, -0.15) is 0 Å². The van der Waals surface area contributed by atoms with Crippen molar-refractivity contribution in [2.24, 2.45) is 0 Å². The molecule has 0 aromatic heterocycles. The summed E-state index contributed by atoms with van der Waals surface area (Å²) in [4.78, 5) is 3.57. The zero-order valence-corrected chi connectivity index (χ0v) is 13.8. The Labute approximate surface area is 135 Å². The molecule has 0 amide bonds. The summed E-state index contributed by atoms with van der Waals surface area (Å²) in [6, 6.07) is 12.2. The van der Waals surface area contributed by atoms with Gasteiger partial charge in [0, 0.05) is 22.7 Å². The summed E-state index contributed by atoms with van der Waals surface area (Å²) in [6.45, 7) is 0.801. The van der Waals surface area contributed by atoms with E-state index in [2.05, 4.69) is 23.1 Å². The first-order valence-corrected chi connectivity index (χ1v) is 8.01. The van der Waals surface area contributed by atoms with E-state index in [4.69, 9.17) is 14.2 Å². The monoisotopic (exact) mass is 317 g/mol. The fourth-order valence-electron chi connectivity index (χ4n) is 2.60. The first-order valence-electron chi connectivity index (χ1n) is 7.02. The molecule has 2 aromatic rings. The molecule has 0 unspecified atom stereocenters. The number of fused-ring (bicyclic) bond motifs is 1. The van der Waals surface area contributed by atoms with Gasteiger partial charge in [0.2, 0.25) is 0 Å². The average Bonchev–Trinajstić information content (AvgIpc) is 2.60. The Kier molecular flexibility index (Phi) is 4.34. The molecule has 0 saturated carbocycles. The maximum Gasteiger partial charge on any atom is 0.166 e. The van der Waals surface area contributed by atoms with Crippen molar-refractivity contribution in [1.82, 2.24) is 0 Å². The molecule has 0 bridgehead atoms. The van der Waals surface area contributed by atoms with Gasteiger partial charge < -0.3 is 19.1 Å². The van der Waals surface area contributed by atoms with Crippen molar-refractivity contribution in [2.75, 3.05) is 32.1 Å². The predicted molar refractivity (Wildman–Crippen MR) is 89.4 cm³/mol. The number of hydrogen-bond acceptors (Lipinski definition) is 5. The van der Waals surface area contributed by atoms with Gasteiger partial charge in [-0.3, -0.25) is 0 Å². The molecule has 1 aliphatic heterocycles. The third kappa shape index (κ3) is 2.68. The quantitative estimate of drug-likeness (QED) is 0.856. The Morgan fingerprint density at radius 1 is 0.909 bits per heavy atom.